The van der Waals surface area contributed by atoms with Gasteiger partial charge in [0.25, 0.3) is 0 Å². The van der Waals surface area contributed by atoms with Gasteiger partial charge in [-0.25, -0.2) is 0 Å². The van der Waals surface area contributed by atoms with E-state index in [1.165, 1.54) is 4.68 Å². The van der Waals surface area contributed by atoms with Crippen molar-refractivity contribution in [1.29, 1.82) is 0 Å². The second kappa shape index (κ2) is 8.53. The number of amides is 2. The molecule has 0 saturated carbocycles. The second-order valence-corrected chi connectivity index (χ2v) is 5.63. The van der Waals surface area contributed by atoms with E-state index in [0.29, 0.717) is 23.8 Å². The first-order valence-electron chi connectivity index (χ1n) is 7.31. The first-order valence-corrected chi connectivity index (χ1v) is 7.69. The molecule has 0 spiro atoms. The van der Waals surface area contributed by atoms with E-state index >= 15 is 0 Å². The van der Waals surface area contributed by atoms with Crippen LogP contribution in [-0.4, -0.2) is 45.6 Å². The summed E-state index contributed by atoms with van der Waals surface area (Å²) >= 11 is 6.05. The van der Waals surface area contributed by atoms with Crippen LogP contribution < -0.4 is 5.32 Å². The van der Waals surface area contributed by atoms with Crippen LogP contribution in [0.15, 0.2) is 25.3 Å². The first kappa shape index (κ1) is 19.0. The third kappa shape index (κ3) is 4.96. The molecule has 1 heterocycles. The maximum absolute atomic E-state index is 12.3. The first-order chi connectivity index (χ1) is 10.8. The summed E-state index contributed by atoms with van der Waals surface area (Å²) in [7, 11) is 0. The third-order valence-corrected chi connectivity index (χ3v) is 3.89. The number of hydrogen-bond donors (Lipinski definition) is 1. The second-order valence-electron chi connectivity index (χ2n) is 5.25. The molecule has 1 aromatic heterocycles. The van der Waals surface area contributed by atoms with Crippen molar-refractivity contribution >= 4 is 23.4 Å². The predicted molar refractivity (Wildman–Crippen MR) is 91.3 cm³/mol. The van der Waals surface area contributed by atoms with Crippen LogP contribution in [0.3, 0.4) is 0 Å². The van der Waals surface area contributed by atoms with E-state index in [2.05, 4.69) is 23.6 Å². The van der Waals surface area contributed by atoms with Crippen molar-refractivity contribution in [3.8, 4) is 0 Å². The van der Waals surface area contributed by atoms with Gasteiger partial charge in [0.2, 0.25) is 11.8 Å². The van der Waals surface area contributed by atoms with Crippen molar-refractivity contribution in [1.82, 2.24) is 20.0 Å². The zero-order chi connectivity index (χ0) is 17.6. The van der Waals surface area contributed by atoms with Crippen molar-refractivity contribution < 1.29 is 9.59 Å². The largest absolute Gasteiger partial charge is 0.343 e. The molecule has 1 atom stereocenters. The number of carbonyl (C=O) groups excluding carboxylic acids is 2. The van der Waals surface area contributed by atoms with Crippen LogP contribution in [0, 0.1) is 13.8 Å². The van der Waals surface area contributed by atoms with Crippen LogP contribution in [-0.2, 0) is 16.1 Å². The Bertz CT molecular complexity index is 599. The Morgan fingerprint density at radius 1 is 1.35 bits per heavy atom. The molecule has 0 saturated heterocycles. The number of aromatic nitrogens is 2. The van der Waals surface area contributed by atoms with E-state index in [0.717, 1.165) is 5.69 Å². The Kier molecular flexibility index (Phi) is 7.03. The fourth-order valence-corrected chi connectivity index (χ4v) is 2.29. The lowest BCUT2D eigenvalue weighted by Gasteiger charge is -2.23. The SMILES string of the molecule is C=CCN(CC=C)C(=O)C(C)NC(=O)Cn1nc(C)c(Cl)c1C. The molecule has 0 fully saturated rings. The van der Waals surface area contributed by atoms with Gasteiger partial charge in [0.15, 0.2) is 0 Å². The highest BCUT2D eigenvalue weighted by Gasteiger charge is 2.21. The third-order valence-electron chi connectivity index (χ3n) is 3.35. The molecule has 0 aliphatic heterocycles. The molecule has 23 heavy (non-hydrogen) atoms. The molecule has 7 heteroatoms. The Labute approximate surface area is 141 Å². The van der Waals surface area contributed by atoms with Gasteiger partial charge < -0.3 is 10.2 Å². The zero-order valence-corrected chi connectivity index (χ0v) is 14.6. The zero-order valence-electron chi connectivity index (χ0n) is 13.8. The summed E-state index contributed by atoms with van der Waals surface area (Å²) in [6, 6.07) is -0.644. The van der Waals surface area contributed by atoms with Crippen LogP contribution >= 0.6 is 11.6 Å². The maximum Gasteiger partial charge on any atom is 0.245 e. The van der Waals surface area contributed by atoms with E-state index in [-0.39, 0.29) is 18.4 Å². The summed E-state index contributed by atoms with van der Waals surface area (Å²) in [4.78, 5) is 26.0. The molecule has 2 amide bonds. The number of halogens is 1. The van der Waals surface area contributed by atoms with Crippen molar-refractivity contribution in [3.05, 3.63) is 41.7 Å². The van der Waals surface area contributed by atoms with E-state index in [4.69, 9.17) is 11.6 Å². The van der Waals surface area contributed by atoms with Gasteiger partial charge in [0, 0.05) is 13.1 Å². The van der Waals surface area contributed by atoms with Gasteiger partial charge in [-0.05, 0) is 20.8 Å². The molecule has 0 radical (unpaired) electrons. The van der Waals surface area contributed by atoms with Crippen LogP contribution in [0.1, 0.15) is 18.3 Å². The quantitative estimate of drug-likeness (QED) is 0.736. The molecular weight excluding hydrogens is 316 g/mol. The molecule has 1 aromatic rings. The molecule has 6 nitrogen and oxygen atoms in total. The van der Waals surface area contributed by atoms with Gasteiger partial charge in [0.1, 0.15) is 12.6 Å². The standard InChI is InChI=1S/C16H23ClN4O2/c1-6-8-20(9-7-2)16(23)12(4)18-14(22)10-21-13(5)15(17)11(3)19-21/h6-7,12H,1-2,8-10H2,3-5H3,(H,18,22). The molecular formula is C16H23ClN4O2. The number of nitrogens with one attached hydrogen (secondary N) is 1. The lowest BCUT2D eigenvalue weighted by molar-refractivity contribution is -0.135. The molecule has 0 aromatic carbocycles. The van der Waals surface area contributed by atoms with E-state index in [1.54, 1.807) is 37.8 Å². The van der Waals surface area contributed by atoms with Crippen LogP contribution in [0.2, 0.25) is 5.02 Å². The van der Waals surface area contributed by atoms with Crippen molar-refractivity contribution in [2.24, 2.45) is 0 Å². The van der Waals surface area contributed by atoms with Gasteiger partial charge in [-0.2, -0.15) is 5.10 Å². The Balaban J connectivity index is 2.68. The average molecular weight is 339 g/mol. The average Bonchev–Trinajstić information content (AvgIpc) is 2.73. The lowest BCUT2D eigenvalue weighted by atomic mass is 10.2. The van der Waals surface area contributed by atoms with E-state index in [9.17, 15) is 9.59 Å². The van der Waals surface area contributed by atoms with Crippen LogP contribution in [0.4, 0.5) is 0 Å². The van der Waals surface area contributed by atoms with Gasteiger partial charge in [-0.15, -0.1) is 13.2 Å². The minimum atomic E-state index is -0.644. The van der Waals surface area contributed by atoms with Crippen molar-refractivity contribution in [3.63, 3.8) is 0 Å². The minimum absolute atomic E-state index is 0.0138. The summed E-state index contributed by atoms with van der Waals surface area (Å²) in [6.07, 6.45) is 3.27. The molecule has 126 valence electrons. The molecule has 1 N–H and O–H groups in total. The molecule has 0 aliphatic rings. The summed E-state index contributed by atoms with van der Waals surface area (Å²) in [5.74, 6) is -0.491. The number of aryl methyl sites for hydroxylation is 1. The van der Waals surface area contributed by atoms with Crippen molar-refractivity contribution in [2.75, 3.05) is 13.1 Å². The monoisotopic (exact) mass is 338 g/mol. The molecule has 1 rings (SSSR count). The topological polar surface area (TPSA) is 67.2 Å². The van der Waals surface area contributed by atoms with E-state index in [1.807, 2.05) is 0 Å². The van der Waals surface area contributed by atoms with Gasteiger partial charge in [-0.3, -0.25) is 14.3 Å². The molecule has 0 bridgehead atoms. The highest BCUT2D eigenvalue weighted by Crippen LogP contribution is 2.18. The van der Waals surface area contributed by atoms with Crippen molar-refractivity contribution in [2.45, 2.75) is 33.4 Å². The minimum Gasteiger partial charge on any atom is -0.343 e. The maximum atomic E-state index is 12.3. The summed E-state index contributed by atoms with van der Waals surface area (Å²) in [5.41, 5.74) is 1.39. The summed E-state index contributed by atoms with van der Waals surface area (Å²) in [5, 5.41) is 7.42. The highest BCUT2D eigenvalue weighted by atomic mass is 35.5. The molecule has 1 unspecified atom stereocenters. The van der Waals surface area contributed by atoms with Gasteiger partial charge >= 0.3 is 0 Å². The van der Waals surface area contributed by atoms with Crippen LogP contribution in [0.25, 0.3) is 0 Å². The smallest absolute Gasteiger partial charge is 0.245 e. The normalized spacial score (nSPS) is 11.7. The number of carbonyl (C=O) groups is 2. The van der Waals surface area contributed by atoms with Crippen LogP contribution in [0.5, 0.6) is 0 Å². The highest BCUT2D eigenvalue weighted by molar-refractivity contribution is 6.31. The fraction of sp³-hybridized carbons (Fsp3) is 0.438. The Morgan fingerprint density at radius 2 is 1.91 bits per heavy atom. The summed E-state index contributed by atoms with van der Waals surface area (Å²) in [6.45, 7) is 13.3. The fourth-order valence-electron chi connectivity index (χ4n) is 2.15. The summed E-state index contributed by atoms with van der Waals surface area (Å²) < 4.78 is 1.52. The number of hydrogen-bond acceptors (Lipinski definition) is 3. The lowest BCUT2D eigenvalue weighted by Crippen LogP contribution is -2.47. The Hall–Kier alpha value is -2.08. The Morgan fingerprint density at radius 3 is 2.35 bits per heavy atom. The predicted octanol–water partition coefficient (Wildman–Crippen LogP) is 1.86. The van der Waals surface area contributed by atoms with Gasteiger partial charge in [0.05, 0.1) is 16.4 Å². The van der Waals surface area contributed by atoms with Gasteiger partial charge in [-0.1, -0.05) is 23.8 Å². The molecule has 0 aliphatic carbocycles. The number of nitrogens with zero attached hydrogens (tertiary/aromatic N) is 3. The van der Waals surface area contributed by atoms with E-state index < -0.39 is 6.04 Å². The number of rotatable bonds is 8.